The number of nitrogens with one attached hydrogen (secondary N) is 1. The van der Waals surface area contributed by atoms with E-state index >= 15 is 0 Å². The minimum Gasteiger partial charge on any atom is -0.374 e. The summed E-state index contributed by atoms with van der Waals surface area (Å²) in [6.07, 6.45) is 2.79. The van der Waals surface area contributed by atoms with Crippen molar-refractivity contribution in [1.82, 2.24) is 10.2 Å². The van der Waals surface area contributed by atoms with Gasteiger partial charge < -0.3 is 16.8 Å². The van der Waals surface area contributed by atoms with Crippen molar-refractivity contribution in [3.8, 4) is 0 Å². The Kier molecular flexibility index (Phi) is 5.07. The molecular formula is C14H17N5O2S3. The number of aromatic nitrogens is 2. The van der Waals surface area contributed by atoms with Crippen LogP contribution in [-0.4, -0.2) is 27.8 Å². The number of carbonyl (C=O) groups excluding carboxylic acids is 2. The molecule has 0 aromatic carbocycles. The quantitative estimate of drug-likeness (QED) is 0.680. The number of nitrogen functional groups attached to an aromatic ring is 1. The second kappa shape index (κ2) is 7.08. The van der Waals surface area contributed by atoms with Crippen LogP contribution in [0, 0.1) is 5.92 Å². The molecule has 3 rings (SSSR count). The predicted octanol–water partition coefficient (Wildman–Crippen LogP) is 2.14. The van der Waals surface area contributed by atoms with Crippen molar-refractivity contribution in [2.45, 2.75) is 30.5 Å². The standard InChI is InChI=1S/C14H17N5O2S3/c1-6-2-3-7-8(4-6)23-12(10(7)11(15)21)17-9(20)5-22-14-19-18-13(16)24-14/h6H,2-5H2,1H3,(H2,15,21)(H2,16,18)(H,17,20)/t6-/m1/s1. The third-order valence-electron chi connectivity index (χ3n) is 3.76. The Morgan fingerprint density at radius 2 is 2.17 bits per heavy atom. The van der Waals surface area contributed by atoms with E-state index in [2.05, 4.69) is 22.4 Å². The third kappa shape index (κ3) is 3.70. The molecule has 1 atom stereocenters. The van der Waals surface area contributed by atoms with Crippen LogP contribution in [0.3, 0.4) is 0 Å². The number of carbonyl (C=O) groups is 2. The average molecular weight is 384 g/mol. The maximum Gasteiger partial charge on any atom is 0.251 e. The molecule has 1 aliphatic carbocycles. The molecule has 0 saturated heterocycles. The summed E-state index contributed by atoms with van der Waals surface area (Å²) in [5, 5.41) is 11.3. The highest BCUT2D eigenvalue weighted by Gasteiger charge is 2.27. The molecule has 10 heteroatoms. The van der Waals surface area contributed by atoms with Gasteiger partial charge in [0.15, 0.2) is 4.34 Å². The summed E-state index contributed by atoms with van der Waals surface area (Å²) in [5.41, 5.74) is 12.5. The number of nitrogens with two attached hydrogens (primary N) is 2. The largest absolute Gasteiger partial charge is 0.374 e. The first-order valence-electron chi connectivity index (χ1n) is 7.40. The number of anilines is 2. The summed E-state index contributed by atoms with van der Waals surface area (Å²) >= 11 is 3.95. The molecule has 128 valence electrons. The smallest absolute Gasteiger partial charge is 0.251 e. The molecule has 1 aliphatic rings. The molecule has 2 heterocycles. The van der Waals surface area contributed by atoms with Crippen molar-refractivity contribution in [2.75, 3.05) is 16.8 Å². The highest BCUT2D eigenvalue weighted by atomic mass is 32.2. The van der Waals surface area contributed by atoms with E-state index in [4.69, 9.17) is 11.5 Å². The minimum atomic E-state index is -0.484. The van der Waals surface area contributed by atoms with Crippen LogP contribution in [0.25, 0.3) is 0 Å². The molecule has 5 N–H and O–H groups in total. The summed E-state index contributed by atoms with van der Waals surface area (Å²) < 4.78 is 0.636. The van der Waals surface area contributed by atoms with Crippen molar-refractivity contribution < 1.29 is 9.59 Å². The maximum atomic E-state index is 12.2. The first kappa shape index (κ1) is 17.2. The van der Waals surface area contributed by atoms with Crippen molar-refractivity contribution in [2.24, 2.45) is 11.7 Å². The fourth-order valence-electron chi connectivity index (χ4n) is 2.67. The van der Waals surface area contributed by atoms with Gasteiger partial charge in [0, 0.05) is 4.88 Å². The topological polar surface area (TPSA) is 124 Å². The van der Waals surface area contributed by atoms with E-state index in [9.17, 15) is 9.59 Å². The second-order valence-corrected chi connectivity index (χ2v) is 9.00. The number of rotatable bonds is 5. The van der Waals surface area contributed by atoms with Gasteiger partial charge in [0.05, 0.1) is 11.3 Å². The highest BCUT2D eigenvalue weighted by molar-refractivity contribution is 8.01. The summed E-state index contributed by atoms with van der Waals surface area (Å²) in [5.74, 6) is 0.0647. The Hall–Kier alpha value is -1.65. The Morgan fingerprint density at radius 3 is 2.83 bits per heavy atom. The van der Waals surface area contributed by atoms with E-state index < -0.39 is 5.91 Å². The lowest BCUT2D eigenvalue weighted by atomic mass is 9.88. The van der Waals surface area contributed by atoms with E-state index in [1.807, 2.05) is 0 Å². The third-order valence-corrected chi connectivity index (χ3v) is 6.82. The van der Waals surface area contributed by atoms with Crippen LogP contribution in [-0.2, 0) is 17.6 Å². The van der Waals surface area contributed by atoms with Gasteiger partial charge in [-0.15, -0.1) is 21.5 Å². The van der Waals surface area contributed by atoms with Crippen molar-refractivity contribution in [1.29, 1.82) is 0 Å². The highest BCUT2D eigenvalue weighted by Crippen LogP contribution is 2.39. The SMILES string of the molecule is C[C@@H]1CCc2c(sc(NC(=O)CSc3nnc(N)s3)c2C(N)=O)C1. The fourth-order valence-corrected chi connectivity index (χ4v) is 5.54. The van der Waals surface area contributed by atoms with Gasteiger partial charge in [-0.05, 0) is 30.7 Å². The number of hydrogen-bond donors (Lipinski definition) is 3. The Bertz CT molecular complexity index is 785. The summed E-state index contributed by atoms with van der Waals surface area (Å²) in [7, 11) is 0. The van der Waals surface area contributed by atoms with Crippen molar-refractivity contribution in [3.05, 3.63) is 16.0 Å². The maximum absolute atomic E-state index is 12.2. The van der Waals surface area contributed by atoms with Gasteiger partial charge in [-0.2, -0.15) is 0 Å². The number of fused-ring (bicyclic) bond motifs is 1. The molecule has 0 radical (unpaired) electrons. The zero-order valence-corrected chi connectivity index (χ0v) is 15.4. The van der Waals surface area contributed by atoms with E-state index in [0.29, 0.717) is 26.0 Å². The van der Waals surface area contributed by atoms with Gasteiger partial charge in [0.1, 0.15) is 5.00 Å². The minimum absolute atomic E-state index is 0.172. The molecule has 0 unspecified atom stereocenters. The van der Waals surface area contributed by atoms with E-state index in [0.717, 1.165) is 29.7 Å². The van der Waals surface area contributed by atoms with Gasteiger partial charge in [0.2, 0.25) is 11.0 Å². The molecular weight excluding hydrogens is 366 g/mol. The monoisotopic (exact) mass is 383 g/mol. The lowest BCUT2D eigenvalue weighted by molar-refractivity contribution is -0.113. The van der Waals surface area contributed by atoms with Gasteiger partial charge in [-0.3, -0.25) is 9.59 Å². The number of thiophene rings is 1. The Balaban J connectivity index is 1.72. The second-order valence-electron chi connectivity index (χ2n) is 5.66. The summed E-state index contributed by atoms with van der Waals surface area (Å²) in [4.78, 5) is 25.2. The van der Waals surface area contributed by atoms with Gasteiger partial charge >= 0.3 is 0 Å². The molecule has 24 heavy (non-hydrogen) atoms. The van der Waals surface area contributed by atoms with E-state index in [-0.39, 0.29) is 11.7 Å². The van der Waals surface area contributed by atoms with Crippen LogP contribution < -0.4 is 16.8 Å². The lowest BCUT2D eigenvalue weighted by Gasteiger charge is -2.18. The van der Waals surface area contributed by atoms with Gasteiger partial charge in [-0.25, -0.2) is 0 Å². The summed E-state index contributed by atoms with van der Waals surface area (Å²) in [6.45, 7) is 2.19. The number of hydrogen-bond acceptors (Lipinski definition) is 8. The molecule has 2 amide bonds. The first-order chi connectivity index (χ1) is 11.4. The summed E-state index contributed by atoms with van der Waals surface area (Å²) in [6, 6.07) is 0. The average Bonchev–Trinajstić information content (AvgIpc) is 3.07. The molecule has 0 fully saturated rings. The van der Waals surface area contributed by atoms with Crippen LogP contribution in [0.15, 0.2) is 4.34 Å². The van der Waals surface area contributed by atoms with Crippen LogP contribution in [0.4, 0.5) is 10.1 Å². The van der Waals surface area contributed by atoms with E-state index in [1.54, 1.807) is 0 Å². The van der Waals surface area contributed by atoms with Crippen molar-refractivity contribution in [3.63, 3.8) is 0 Å². The first-order valence-corrected chi connectivity index (χ1v) is 10.0. The van der Waals surface area contributed by atoms with Gasteiger partial charge in [-0.1, -0.05) is 30.0 Å². The molecule has 0 aliphatic heterocycles. The fraction of sp³-hybridized carbons (Fsp3) is 0.429. The number of nitrogens with zero attached hydrogens (tertiary/aromatic N) is 2. The molecule has 0 spiro atoms. The number of thioether (sulfide) groups is 1. The van der Waals surface area contributed by atoms with E-state index in [1.165, 1.54) is 34.4 Å². The Labute approximate surface area is 151 Å². The molecule has 2 aromatic heterocycles. The molecule has 0 saturated carbocycles. The van der Waals surface area contributed by atoms with Gasteiger partial charge in [0.25, 0.3) is 5.91 Å². The lowest BCUT2D eigenvalue weighted by Crippen LogP contribution is -2.20. The van der Waals surface area contributed by atoms with Crippen LogP contribution in [0.2, 0.25) is 0 Å². The van der Waals surface area contributed by atoms with Crippen LogP contribution >= 0.6 is 34.4 Å². The van der Waals surface area contributed by atoms with Crippen LogP contribution in [0.1, 0.15) is 34.1 Å². The molecule has 2 aromatic rings. The number of primary amides is 1. The zero-order valence-electron chi connectivity index (χ0n) is 13.0. The Morgan fingerprint density at radius 1 is 1.38 bits per heavy atom. The normalized spacial score (nSPS) is 16.6. The zero-order chi connectivity index (χ0) is 17.3. The molecule has 7 nitrogen and oxygen atoms in total. The molecule has 0 bridgehead atoms. The predicted molar refractivity (Wildman–Crippen MR) is 97.7 cm³/mol. The number of amides is 2. The van der Waals surface area contributed by atoms with Crippen LogP contribution in [0.5, 0.6) is 0 Å². The van der Waals surface area contributed by atoms with Crippen molar-refractivity contribution >= 4 is 56.4 Å².